The number of rotatable bonds is 2. The molecule has 9 rings (SSSR count). The molecule has 0 saturated heterocycles. The standard InChI is InChI=1S/C38H26/c1-3-23-7-9-25-15-17-33(35(5-1)37(23)25)29-13-11-27-20-32-22-30(14-12-28(32)19-31(27)21-29)34-18-16-26-10-8-24-4-2-6-36(34)38(24)26/h1-6,11-22H,7-10H2. The summed E-state index contributed by atoms with van der Waals surface area (Å²) in [5, 5.41) is 11.0. The predicted molar refractivity (Wildman–Crippen MR) is 162 cm³/mol. The van der Waals surface area contributed by atoms with Crippen LogP contribution in [0.1, 0.15) is 22.3 Å². The first kappa shape index (κ1) is 20.6. The lowest BCUT2D eigenvalue weighted by Gasteiger charge is -2.12. The molecule has 0 heteroatoms. The summed E-state index contributed by atoms with van der Waals surface area (Å²) in [5.74, 6) is 0. The van der Waals surface area contributed by atoms with Crippen molar-refractivity contribution >= 4 is 43.1 Å². The molecule has 0 radical (unpaired) electrons. The summed E-state index contributed by atoms with van der Waals surface area (Å²) in [7, 11) is 0. The lowest BCUT2D eigenvalue weighted by molar-refractivity contribution is 1.02. The Hall–Kier alpha value is -4.42. The van der Waals surface area contributed by atoms with Crippen molar-refractivity contribution in [3.8, 4) is 22.3 Å². The van der Waals surface area contributed by atoms with E-state index >= 15 is 0 Å². The maximum atomic E-state index is 2.38. The van der Waals surface area contributed by atoms with Gasteiger partial charge in [-0.3, -0.25) is 0 Å². The highest BCUT2D eigenvalue weighted by Gasteiger charge is 2.18. The summed E-state index contributed by atoms with van der Waals surface area (Å²) in [6, 6.07) is 41.7. The normalized spacial score (nSPS) is 13.9. The average molecular weight is 483 g/mol. The quantitative estimate of drug-likeness (QED) is 0.215. The molecule has 38 heavy (non-hydrogen) atoms. The molecule has 0 nitrogen and oxygen atoms in total. The first-order valence-corrected chi connectivity index (χ1v) is 13.9. The van der Waals surface area contributed by atoms with E-state index in [2.05, 4.69) is 109 Å². The van der Waals surface area contributed by atoms with Crippen molar-refractivity contribution in [1.82, 2.24) is 0 Å². The minimum absolute atomic E-state index is 1.17. The molecular weight excluding hydrogens is 456 g/mol. The zero-order valence-electron chi connectivity index (χ0n) is 21.2. The second-order valence-corrected chi connectivity index (χ2v) is 11.2. The van der Waals surface area contributed by atoms with E-state index in [1.54, 1.807) is 0 Å². The second kappa shape index (κ2) is 7.55. The zero-order chi connectivity index (χ0) is 24.8. The van der Waals surface area contributed by atoms with Crippen molar-refractivity contribution in [1.29, 1.82) is 0 Å². The fourth-order valence-electron chi connectivity index (χ4n) is 7.33. The first-order valence-electron chi connectivity index (χ1n) is 13.9. The van der Waals surface area contributed by atoms with Gasteiger partial charge in [-0.2, -0.15) is 0 Å². The Morgan fingerprint density at radius 3 is 1.26 bits per heavy atom. The largest absolute Gasteiger partial charge is 0.0613 e. The molecule has 2 aliphatic rings. The molecule has 2 aliphatic carbocycles. The Morgan fingerprint density at radius 2 is 0.789 bits per heavy atom. The van der Waals surface area contributed by atoms with Crippen molar-refractivity contribution < 1.29 is 0 Å². The van der Waals surface area contributed by atoms with Crippen LogP contribution >= 0.6 is 0 Å². The molecule has 0 saturated carbocycles. The monoisotopic (exact) mass is 482 g/mol. The predicted octanol–water partition coefficient (Wildman–Crippen LogP) is 9.83. The maximum absolute atomic E-state index is 2.38. The Balaban J connectivity index is 1.19. The third kappa shape index (κ3) is 2.86. The number of aryl methyl sites for hydroxylation is 4. The van der Waals surface area contributed by atoms with Gasteiger partial charge in [-0.05, 0) is 138 Å². The molecule has 0 fully saturated rings. The lowest BCUT2D eigenvalue weighted by atomic mass is 9.92. The fraction of sp³-hybridized carbons (Fsp3) is 0.105. The smallest absolute Gasteiger partial charge is 0.00999 e. The second-order valence-electron chi connectivity index (χ2n) is 11.2. The SMILES string of the molecule is c1cc2c3c(ccc(-c4ccc5cc6cc(-c7ccc8c9c(cccc79)CC8)ccc6cc5c4)c3c1)CC2. The molecule has 0 amide bonds. The van der Waals surface area contributed by atoms with E-state index in [1.165, 1.54) is 113 Å². The molecule has 0 spiro atoms. The van der Waals surface area contributed by atoms with E-state index < -0.39 is 0 Å². The summed E-state index contributed by atoms with van der Waals surface area (Å²) in [5.41, 5.74) is 11.3. The van der Waals surface area contributed by atoms with Gasteiger partial charge in [-0.15, -0.1) is 0 Å². The van der Waals surface area contributed by atoms with Crippen molar-refractivity contribution in [2.75, 3.05) is 0 Å². The minimum Gasteiger partial charge on any atom is -0.0613 e. The van der Waals surface area contributed by atoms with E-state index in [9.17, 15) is 0 Å². The van der Waals surface area contributed by atoms with E-state index in [-0.39, 0.29) is 0 Å². The fourth-order valence-corrected chi connectivity index (χ4v) is 7.33. The Labute approximate surface area is 222 Å². The van der Waals surface area contributed by atoms with Gasteiger partial charge in [0.15, 0.2) is 0 Å². The van der Waals surface area contributed by atoms with E-state index in [4.69, 9.17) is 0 Å². The highest BCUT2D eigenvalue weighted by Crippen LogP contribution is 2.40. The summed E-state index contributed by atoms with van der Waals surface area (Å²) in [4.78, 5) is 0. The van der Waals surface area contributed by atoms with Gasteiger partial charge < -0.3 is 0 Å². The van der Waals surface area contributed by atoms with Crippen LogP contribution in [0.15, 0.2) is 109 Å². The Bertz CT molecular complexity index is 1950. The molecular formula is C38H26. The number of hydrogen-bond donors (Lipinski definition) is 0. The molecule has 0 bridgehead atoms. The van der Waals surface area contributed by atoms with Gasteiger partial charge in [0, 0.05) is 0 Å². The highest BCUT2D eigenvalue weighted by atomic mass is 14.2. The number of benzene rings is 7. The van der Waals surface area contributed by atoms with Crippen LogP contribution < -0.4 is 0 Å². The molecule has 178 valence electrons. The Kier molecular flexibility index (Phi) is 4.10. The van der Waals surface area contributed by atoms with Crippen LogP contribution in [0.5, 0.6) is 0 Å². The molecule has 0 unspecified atom stereocenters. The molecule has 0 aliphatic heterocycles. The van der Waals surface area contributed by atoms with Crippen LogP contribution in [0.25, 0.3) is 65.3 Å². The maximum Gasteiger partial charge on any atom is -0.00999 e. The van der Waals surface area contributed by atoms with E-state index in [1.807, 2.05) is 0 Å². The van der Waals surface area contributed by atoms with Crippen molar-refractivity contribution in [3.05, 3.63) is 131 Å². The average Bonchev–Trinajstić information content (AvgIpc) is 3.58. The summed E-state index contributed by atoms with van der Waals surface area (Å²) in [6.07, 6.45) is 4.68. The van der Waals surface area contributed by atoms with Crippen LogP contribution in [0.2, 0.25) is 0 Å². The van der Waals surface area contributed by atoms with E-state index in [0.717, 1.165) is 0 Å². The van der Waals surface area contributed by atoms with Crippen molar-refractivity contribution in [2.24, 2.45) is 0 Å². The number of hydrogen-bond acceptors (Lipinski definition) is 0. The third-order valence-corrected chi connectivity index (χ3v) is 9.17. The van der Waals surface area contributed by atoms with Crippen molar-refractivity contribution in [2.45, 2.75) is 25.7 Å². The van der Waals surface area contributed by atoms with Gasteiger partial charge in [0.2, 0.25) is 0 Å². The lowest BCUT2D eigenvalue weighted by Crippen LogP contribution is -1.87. The minimum atomic E-state index is 1.17. The summed E-state index contributed by atoms with van der Waals surface area (Å²) >= 11 is 0. The molecule has 0 heterocycles. The van der Waals surface area contributed by atoms with Crippen LogP contribution in [0.4, 0.5) is 0 Å². The van der Waals surface area contributed by atoms with Gasteiger partial charge in [0.1, 0.15) is 0 Å². The highest BCUT2D eigenvalue weighted by molar-refractivity contribution is 6.07. The topological polar surface area (TPSA) is 0 Å². The van der Waals surface area contributed by atoms with Gasteiger partial charge in [-0.25, -0.2) is 0 Å². The Morgan fingerprint density at radius 1 is 0.342 bits per heavy atom. The van der Waals surface area contributed by atoms with Gasteiger partial charge in [-0.1, -0.05) is 84.9 Å². The van der Waals surface area contributed by atoms with Crippen LogP contribution in [-0.2, 0) is 25.7 Å². The van der Waals surface area contributed by atoms with Crippen LogP contribution in [0.3, 0.4) is 0 Å². The van der Waals surface area contributed by atoms with Gasteiger partial charge >= 0.3 is 0 Å². The first-order chi connectivity index (χ1) is 18.8. The molecule has 7 aromatic carbocycles. The van der Waals surface area contributed by atoms with Gasteiger partial charge in [0.05, 0.1) is 0 Å². The van der Waals surface area contributed by atoms with Crippen molar-refractivity contribution in [3.63, 3.8) is 0 Å². The van der Waals surface area contributed by atoms with Gasteiger partial charge in [0.25, 0.3) is 0 Å². The molecule has 7 aromatic rings. The molecule has 0 N–H and O–H groups in total. The molecule has 0 atom stereocenters. The third-order valence-electron chi connectivity index (χ3n) is 9.17. The zero-order valence-corrected chi connectivity index (χ0v) is 21.2. The number of fused-ring (bicyclic) bond motifs is 2. The summed E-state index contributed by atoms with van der Waals surface area (Å²) in [6.45, 7) is 0. The molecule has 0 aromatic heterocycles. The van der Waals surface area contributed by atoms with Crippen LogP contribution in [-0.4, -0.2) is 0 Å². The van der Waals surface area contributed by atoms with Crippen LogP contribution in [0, 0.1) is 0 Å². The summed E-state index contributed by atoms with van der Waals surface area (Å²) < 4.78 is 0. The van der Waals surface area contributed by atoms with E-state index in [0.29, 0.717) is 0 Å².